The molecule has 0 bridgehead atoms. The predicted molar refractivity (Wildman–Crippen MR) is 85.9 cm³/mol. The number of halogens is 2. The van der Waals surface area contributed by atoms with E-state index >= 15 is 0 Å². The Morgan fingerprint density at radius 1 is 0.810 bits per heavy atom. The van der Waals surface area contributed by atoms with Crippen LogP contribution in [-0.4, -0.2) is 0 Å². The Bertz CT molecular complexity index is 765. The van der Waals surface area contributed by atoms with Crippen molar-refractivity contribution in [3.63, 3.8) is 0 Å². The summed E-state index contributed by atoms with van der Waals surface area (Å²) in [6.07, 6.45) is 0. The lowest BCUT2D eigenvalue weighted by atomic mass is 10.0. The minimum Gasteiger partial charge on any atom is -0.309 e. The molecule has 0 radical (unpaired) electrons. The maximum absolute atomic E-state index is 13.4. The van der Waals surface area contributed by atoms with Crippen molar-refractivity contribution < 1.29 is 4.39 Å². The Balaban J connectivity index is 1.74. The van der Waals surface area contributed by atoms with Crippen molar-refractivity contribution in [1.82, 2.24) is 5.32 Å². The van der Waals surface area contributed by atoms with E-state index < -0.39 is 0 Å². The fraction of sp³-hybridized carbons (Fsp3) is 0.111. The molecule has 0 aliphatic heterocycles. The molecular formula is C18H15ClFN. The molecule has 0 spiro atoms. The molecule has 0 aliphatic rings. The van der Waals surface area contributed by atoms with Gasteiger partial charge in [0, 0.05) is 13.1 Å². The van der Waals surface area contributed by atoms with Gasteiger partial charge in [-0.2, -0.15) is 0 Å². The van der Waals surface area contributed by atoms with Crippen molar-refractivity contribution >= 4 is 22.4 Å². The fourth-order valence-electron chi connectivity index (χ4n) is 2.46. The minimum atomic E-state index is -0.374. The highest BCUT2D eigenvalue weighted by Crippen LogP contribution is 2.21. The molecule has 0 fully saturated rings. The number of benzene rings is 3. The lowest BCUT2D eigenvalue weighted by molar-refractivity contribution is 0.621. The Hall–Kier alpha value is -1.90. The summed E-state index contributed by atoms with van der Waals surface area (Å²) < 4.78 is 13.4. The Morgan fingerprint density at radius 3 is 2.38 bits per heavy atom. The van der Waals surface area contributed by atoms with Gasteiger partial charge in [0.1, 0.15) is 5.82 Å². The average molecular weight is 300 g/mol. The molecule has 0 saturated heterocycles. The lowest BCUT2D eigenvalue weighted by Crippen LogP contribution is -2.13. The van der Waals surface area contributed by atoms with Gasteiger partial charge in [-0.15, -0.1) is 0 Å². The zero-order valence-electron chi connectivity index (χ0n) is 11.4. The summed E-state index contributed by atoms with van der Waals surface area (Å²) in [6.45, 7) is 1.26. The van der Waals surface area contributed by atoms with E-state index in [-0.39, 0.29) is 10.8 Å². The van der Waals surface area contributed by atoms with E-state index in [1.54, 1.807) is 6.07 Å². The lowest BCUT2D eigenvalue weighted by Gasteiger charge is -2.09. The molecule has 0 amide bonds. The Morgan fingerprint density at radius 2 is 1.48 bits per heavy atom. The van der Waals surface area contributed by atoms with Crippen LogP contribution in [0.25, 0.3) is 10.8 Å². The molecular weight excluding hydrogens is 285 g/mol. The normalized spacial score (nSPS) is 11.0. The minimum absolute atomic E-state index is 0.197. The number of nitrogens with one attached hydrogen (secondary N) is 1. The fourth-order valence-corrected chi connectivity index (χ4v) is 2.66. The van der Waals surface area contributed by atoms with Gasteiger partial charge in [-0.05, 0) is 28.0 Å². The summed E-state index contributed by atoms with van der Waals surface area (Å²) in [5.74, 6) is -0.374. The largest absolute Gasteiger partial charge is 0.309 e. The molecule has 1 N–H and O–H groups in total. The van der Waals surface area contributed by atoms with Gasteiger partial charge in [0.15, 0.2) is 0 Å². The number of fused-ring (bicyclic) bond motifs is 1. The van der Waals surface area contributed by atoms with E-state index in [0.29, 0.717) is 13.1 Å². The number of hydrogen-bond acceptors (Lipinski definition) is 1. The zero-order valence-corrected chi connectivity index (χ0v) is 12.2. The number of rotatable bonds is 4. The quantitative estimate of drug-likeness (QED) is 0.721. The topological polar surface area (TPSA) is 12.0 Å². The smallest absolute Gasteiger partial charge is 0.142 e. The van der Waals surface area contributed by atoms with Crippen LogP contribution in [0.15, 0.2) is 60.7 Å². The second-order valence-electron chi connectivity index (χ2n) is 4.95. The highest BCUT2D eigenvalue weighted by atomic mass is 35.5. The highest BCUT2D eigenvalue weighted by molar-refractivity contribution is 6.31. The van der Waals surface area contributed by atoms with Crippen molar-refractivity contribution in [3.8, 4) is 0 Å². The first-order valence-corrected chi connectivity index (χ1v) is 7.24. The molecule has 3 aromatic carbocycles. The molecule has 3 heteroatoms. The van der Waals surface area contributed by atoms with Crippen LogP contribution in [0, 0.1) is 5.82 Å². The zero-order chi connectivity index (χ0) is 14.7. The van der Waals surface area contributed by atoms with Crippen LogP contribution < -0.4 is 5.32 Å². The van der Waals surface area contributed by atoms with E-state index in [0.717, 1.165) is 5.56 Å². The molecule has 0 unspecified atom stereocenters. The van der Waals surface area contributed by atoms with Gasteiger partial charge in [-0.25, -0.2) is 4.39 Å². The standard InChI is InChI=1S/C18H15ClFN/c19-18-15(8-4-10-17(18)20)12-21-11-14-7-3-6-13-5-1-2-9-16(13)14/h1-10,21H,11-12H2. The molecule has 0 atom stereocenters. The summed E-state index contributed by atoms with van der Waals surface area (Å²) in [5, 5.41) is 5.98. The van der Waals surface area contributed by atoms with E-state index in [1.165, 1.54) is 22.4 Å². The summed E-state index contributed by atoms with van der Waals surface area (Å²) in [5.41, 5.74) is 2.00. The highest BCUT2D eigenvalue weighted by Gasteiger charge is 2.05. The van der Waals surface area contributed by atoms with E-state index in [2.05, 4.69) is 35.6 Å². The predicted octanol–water partition coefficient (Wildman–Crippen LogP) is 4.92. The van der Waals surface area contributed by atoms with Crippen molar-refractivity contribution in [2.75, 3.05) is 0 Å². The maximum Gasteiger partial charge on any atom is 0.142 e. The molecule has 106 valence electrons. The molecule has 3 aromatic rings. The van der Waals surface area contributed by atoms with E-state index in [1.807, 2.05) is 18.2 Å². The number of hydrogen-bond donors (Lipinski definition) is 1. The van der Waals surface area contributed by atoms with Crippen LogP contribution in [0.5, 0.6) is 0 Å². The van der Waals surface area contributed by atoms with Crippen LogP contribution >= 0.6 is 11.6 Å². The third-order valence-electron chi connectivity index (χ3n) is 3.54. The van der Waals surface area contributed by atoms with Gasteiger partial charge in [-0.3, -0.25) is 0 Å². The van der Waals surface area contributed by atoms with Crippen molar-refractivity contribution in [1.29, 1.82) is 0 Å². The first-order chi connectivity index (χ1) is 10.3. The molecule has 0 heterocycles. The van der Waals surface area contributed by atoms with Gasteiger partial charge < -0.3 is 5.32 Å². The van der Waals surface area contributed by atoms with Gasteiger partial charge in [0.2, 0.25) is 0 Å². The molecule has 1 nitrogen and oxygen atoms in total. The average Bonchev–Trinajstić information content (AvgIpc) is 2.52. The van der Waals surface area contributed by atoms with E-state index in [9.17, 15) is 4.39 Å². The van der Waals surface area contributed by atoms with Crippen LogP contribution in [0.1, 0.15) is 11.1 Å². The van der Waals surface area contributed by atoms with Gasteiger partial charge in [0.05, 0.1) is 5.02 Å². The molecule has 3 rings (SSSR count). The molecule has 0 aliphatic carbocycles. The summed E-state index contributed by atoms with van der Waals surface area (Å²) in [4.78, 5) is 0. The second kappa shape index (κ2) is 6.25. The Labute approximate surface area is 128 Å². The van der Waals surface area contributed by atoms with E-state index in [4.69, 9.17) is 11.6 Å². The van der Waals surface area contributed by atoms with Gasteiger partial charge in [-0.1, -0.05) is 66.2 Å². The molecule has 21 heavy (non-hydrogen) atoms. The van der Waals surface area contributed by atoms with Crippen molar-refractivity contribution in [2.45, 2.75) is 13.1 Å². The maximum atomic E-state index is 13.4. The third-order valence-corrected chi connectivity index (χ3v) is 3.97. The van der Waals surface area contributed by atoms with Gasteiger partial charge >= 0.3 is 0 Å². The van der Waals surface area contributed by atoms with Crippen LogP contribution in [0.3, 0.4) is 0 Å². The van der Waals surface area contributed by atoms with Crippen LogP contribution in [-0.2, 0) is 13.1 Å². The van der Waals surface area contributed by atoms with Crippen LogP contribution in [0.2, 0.25) is 5.02 Å². The SMILES string of the molecule is Fc1cccc(CNCc2cccc3ccccc23)c1Cl. The van der Waals surface area contributed by atoms with Crippen molar-refractivity contribution in [3.05, 3.63) is 82.6 Å². The monoisotopic (exact) mass is 299 g/mol. The summed E-state index contributed by atoms with van der Waals surface area (Å²) >= 11 is 5.96. The first-order valence-electron chi connectivity index (χ1n) is 6.86. The van der Waals surface area contributed by atoms with Gasteiger partial charge in [0.25, 0.3) is 0 Å². The Kier molecular flexibility index (Phi) is 4.18. The van der Waals surface area contributed by atoms with Crippen molar-refractivity contribution in [2.24, 2.45) is 0 Å². The van der Waals surface area contributed by atoms with Crippen LogP contribution in [0.4, 0.5) is 4.39 Å². The second-order valence-corrected chi connectivity index (χ2v) is 5.33. The third kappa shape index (κ3) is 3.07. The summed E-state index contributed by atoms with van der Waals surface area (Å²) in [7, 11) is 0. The molecule has 0 saturated carbocycles. The first kappa shape index (κ1) is 14.1. The molecule has 0 aromatic heterocycles. The summed E-state index contributed by atoms with van der Waals surface area (Å²) in [6, 6.07) is 19.4.